The zero-order chi connectivity index (χ0) is 18.4. The molecule has 0 unspecified atom stereocenters. The SMILES string of the molecule is CC(C)NC(=O)CN(Cc1ccc(Br)cc1)S(=O)(=O)c1ccccc1. The maximum atomic E-state index is 13.0. The summed E-state index contributed by atoms with van der Waals surface area (Å²) in [5, 5.41) is 2.74. The molecular formula is C18H21BrN2O3S. The fourth-order valence-electron chi connectivity index (χ4n) is 2.29. The van der Waals surface area contributed by atoms with Gasteiger partial charge in [-0.3, -0.25) is 4.79 Å². The third-order valence-corrected chi connectivity index (χ3v) is 5.76. The van der Waals surface area contributed by atoms with Crippen molar-refractivity contribution in [3.63, 3.8) is 0 Å². The average molecular weight is 425 g/mol. The van der Waals surface area contributed by atoms with Crippen molar-refractivity contribution in [1.82, 2.24) is 9.62 Å². The largest absolute Gasteiger partial charge is 0.353 e. The molecule has 2 aromatic carbocycles. The van der Waals surface area contributed by atoms with Crippen molar-refractivity contribution in [3.8, 4) is 0 Å². The van der Waals surface area contributed by atoms with Crippen LogP contribution in [0.25, 0.3) is 0 Å². The van der Waals surface area contributed by atoms with Gasteiger partial charge in [0.15, 0.2) is 0 Å². The lowest BCUT2D eigenvalue weighted by atomic mass is 10.2. The average Bonchev–Trinajstić information content (AvgIpc) is 2.56. The van der Waals surface area contributed by atoms with E-state index in [1.54, 1.807) is 18.2 Å². The van der Waals surface area contributed by atoms with Crippen LogP contribution >= 0.6 is 15.9 Å². The van der Waals surface area contributed by atoms with Crippen molar-refractivity contribution >= 4 is 31.9 Å². The van der Waals surface area contributed by atoms with Crippen LogP contribution in [0.2, 0.25) is 0 Å². The van der Waals surface area contributed by atoms with Gasteiger partial charge in [-0.05, 0) is 43.7 Å². The Morgan fingerprint density at radius 2 is 1.68 bits per heavy atom. The fraction of sp³-hybridized carbons (Fsp3) is 0.278. The first kappa shape index (κ1) is 19.6. The van der Waals surface area contributed by atoms with Crippen LogP contribution in [0.1, 0.15) is 19.4 Å². The molecule has 1 amide bonds. The van der Waals surface area contributed by atoms with E-state index in [2.05, 4.69) is 21.2 Å². The standard InChI is InChI=1S/C18H21BrN2O3S/c1-14(2)20-18(22)13-21(12-15-8-10-16(19)11-9-15)25(23,24)17-6-4-3-5-7-17/h3-11,14H,12-13H2,1-2H3,(H,20,22). The first-order chi connectivity index (χ1) is 11.8. The molecule has 0 aliphatic rings. The Morgan fingerprint density at radius 1 is 1.08 bits per heavy atom. The normalized spacial score (nSPS) is 11.7. The van der Waals surface area contributed by atoms with Gasteiger partial charge in [-0.2, -0.15) is 4.31 Å². The second-order valence-electron chi connectivity index (χ2n) is 5.93. The van der Waals surface area contributed by atoms with Crippen molar-refractivity contribution in [3.05, 3.63) is 64.6 Å². The monoisotopic (exact) mass is 424 g/mol. The molecule has 1 N–H and O–H groups in total. The molecule has 0 bridgehead atoms. The first-order valence-electron chi connectivity index (χ1n) is 7.88. The predicted molar refractivity (Wildman–Crippen MR) is 101 cm³/mol. The zero-order valence-corrected chi connectivity index (χ0v) is 16.5. The minimum absolute atomic E-state index is 0.0542. The molecule has 0 spiro atoms. The number of hydrogen-bond donors (Lipinski definition) is 1. The van der Waals surface area contributed by atoms with Gasteiger partial charge in [-0.1, -0.05) is 46.3 Å². The molecule has 2 rings (SSSR count). The second kappa shape index (κ2) is 8.60. The summed E-state index contributed by atoms with van der Waals surface area (Å²) < 4.78 is 28.0. The van der Waals surface area contributed by atoms with E-state index in [9.17, 15) is 13.2 Å². The van der Waals surface area contributed by atoms with Gasteiger partial charge in [0.25, 0.3) is 0 Å². The highest BCUT2D eigenvalue weighted by molar-refractivity contribution is 9.10. The summed E-state index contributed by atoms with van der Waals surface area (Å²) >= 11 is 3.36. The Morgan fingerprint density at radius 3 is 2.24 bits per heavy atom. The Bertz CT molecular complexity index is 806. The van der Waals surface area contributed by atoms with Gasteiger partial charge >= 0.3 is 0 Å². The highest BCUT2D eigenvalue weighted by atomic mass is 79.9. The topological polar surface area (TPSA) is 66.5 Å². The van der Waals surface area contributed by atoms with Crippen molar-refractivity contribution in [2.75, 3.05) is 6.54 Å². The van der Waals surface area contributed by atoms with Gasteiger partial charge in [0.2, 0.25) is 15.9 Å². The Hall–Kier alpha value is -1.70. The van der Waals surface area contributed by atoms with Crippen LogP contribution in [0.5, 0.6) is 0 Å². The van der Waals surface area contributed by atoms with Gasteiger partial charge in [-0.25, -0.2) is 8.42 Å². The Kier molecular flexibility index (Phi) is 6.75. The zero-order valence-electron chi connectivity index (χ0n) is 14.1. The molecule has 0 saturated carbocycles. The Labute approximate surface area is 157 Å². The molecule has 7 heteroatoms. The van der Waals surface area contributed by atoms with Crippen LogP contribution in [0, 0.1) is 0 Å². The minimum atomic E-state index is -3.78. The van der Waals surface area contributed by atoms with E-state index in [1.165, 1.54) is 16.4 Å². The number of nitrogens with zero attached hydrogens (tertiary/aromatic N) is 1. The minimum Gasteiger partial charge on any atom is -0.353 e. The van der Waals surface area contributed by atoms with Crippen LogP contribution in [-0.2, 0) is 21.4 Å². The lowest BCUT2D eigenvalue weighted by Gasteiger charge is -2.22. The molecule has 0 aromatic heterocycles. The van der Waals surface area contributed by atoms with Crippen molar-refractivity contribution < 1.29 is 13.2 Å². The number of hydrogen-bond acceptors (Lipinski definition) is 3. The van der Waals surface area contributed by atoms with Gasteiger partial charge < -0.3 is 5.32 Å². The fourth-order valence-corrected chi connectivity index (χ4v) is 3.96. The maximum Gasteiger partial charge on any atom is 0.243 e. The molecule has 134 valence electrons. The quantitative estimate of drug-likeness (QED) is 0.741. The predicted octanol–water partition coefficient (Wildman–Crippen LogP) is 3.16. The number of rotatable bonds is 7. The third kappa shape index (κ3) is 5.66. The molecule has 2 aromatic rings. The molecule has 0 radical (unpaired) electrons. The summed E-state index contributed by atoms with van der Waals surface area (Å²) in [4.78, 5) is 12.3. The third-order valence-electron chi connectivity index (χ3n) is 3.42. The molecule has 0 saturated heterocycles. The number of carbonyl (C=O) groups is 1. The molecule has 0 fully saturated rings. The summed E-state index contributed by atoms with van der Waals surface area (Å²) in [6, 6.07) is 15.4. The summed E-state index contributed by atoms with van der Waals surface area (Å²) in [5.74, 6) is -0.327. The van der Waals surface area contributed by atoms with E-state index in [0.717, 1.165) is 10.0 Å². The van der Waals surface area contributed by atoms with Gasteiger partial charge in [-0.15, -0.1) is 0 Å². The first-order valence-corrected chi connectivity index (χ1v) is 10.1. The van der Waals surface area contributed by atoms with Crippen LogP contribution in [-0.4, -0.2) is 31.2 Å². The van der Waals surface area contributed by atoms with E-state index in [0.29, 0.717) is 0 Å². The number of nitrogens with one attached hydrogen (secondary N) is 1. The summed E-state index contributed by atoms with van der Waals surface area (Å²) in [7, 11) is -3.78. The molecule has 0 heterocycles. The van der Waals surface area contributed by atoms with Crippen LogP contribution < -0.4 is 5.32 Å². The van der Waals surface area contributed by atoms with Crippen molar-refractivity contribution in [2.45, 2.75) is 31.3 Å². The van der Waals surface area contributed by atoms with E-state index < -0.39 is 10.0 Å². The summed E-state index contributed by atoms with van der Waals surface area (Å²) in [6.07, 6.45) is 0. The lowest BCUT2D eigenvalue weighted by Crippen LogP contribution is -2.42. The maximum absolute atomic E-state index is 13.0. The van der Waals surface area contributed by atoms with Crippen molar-refractivity contribution in [1.29, 1.82) is 0 Å². The number of amides is 1. The number of benzene rings is 2. The number of carbonyl (C=O) groups excluding carboxylic acids is 1. The molecular weight excluding hydrogens is 404 g/mol. The highest BCUT2D eigenvalue weighted by Crippen LogP contribution is 2.19. The number of sulfonamides is 1. The Balaban J connectivity index is 2.31. The summed E-state index contributed by atoms with van der Waals surface area (Å²) in [6.45, 7) is 3.56. The second-order valence-corrected chi connectivity index (χ2v) is 8.79. The van der Waals surface area contributed by atoms with Gasteiger partial charge in [0, 0.05) is 17.1 Å². The van der Waals surface area contributed by atoms with Gasteiger partial charge in [0.05, 0.1) is 11.4 Å². The van der Waals surface area contributed by atoms with Crippen LogP contribution in [0.3, 0.4) is 0 Å². The lowest BCUT2D eigenvalue weighted by molar-refractivity contribution is -0.121. The van der Waals surface area contributed by atoms with Crippen molar-refractivity contribution in [2.24, 2.45) is 0 Å². The van der Waals surface area contributed by atoms with E-state index >= 15 is 0 Å². The smallest absolute Gasteiger partial charge is 0.243 e. The molecule has 25 heavy (non-hydrogen) atoms. The van der Waals surface area contributed by atoms with Gasteiger partial charge in [0.1, 0.15) is 0 Å². The van der Waals surface area contributed by atoms with Crippen LogP contribution in [0.4, 0.5) is 0 Å². The van der Waals surface area contributed by atoms with E-state index in [-0.39, 0.29) is 29.9 Å². The van der Waals surface area contributed by atoms with E-state index in [4.69, 9.17) is 0 Å². The van der Waals surface area contributed by atoms with Crippen LogP contribution in [0.15, 0.2) is 64.0 Å². The molecule has 0 aliphatic carbocycles. The highest BCUT2D eigenvalue weighted by Gasteiger charge is 2.26. The van der Waals surface area contributed by atoms with E-state index in [1.807, 2.05) is 38.1 Å². The number of halogens is 1. The summed E-state index contributed by atoms with van der Waals surface area (Å²) in [5.41, 5.74) is 0.806. The molecule has 5 nitrogen and oxygen atoms in total. The molecule has 0 aliphatic heterocycles. The molecule has 0 atom stereocenters.